The minimum atomic E-state index is -0.618. The summed E-state index contributed by atoms with van der Waals surface area (Å²) in [5.74, 6) is -1.07. The van der Waals surface area contributed by atoms with E-state index in [-0.39, 0.29) is 16.2 Å². The molecule has 0 amide bonds. The molecule has 4 rings (SSSR count). The van der Waals surface area contributed by atoms with E-state index in [1.165, 1.54) is 4.57 Å². The highest BCUT2D eigenvalue weighted by atomic mass is 32.1. The average Bonchev–Trinajstić information content (AvgIpc) is 3.16. The predicted molar refractivity (Wildman–Crippen MR) is 79.5 cm³/mol. The van der Waals surface area contributed by atoms with Crippen molar-refractivity contribution in [3.05, 3.63) is 52.8 Å². The summed E-state index contributed by atoms with van der Waals surface area (Å²) in [4.78, 5) is 0. The van der Waals surface area contributed by atoms with E-state index >= 15 is 0 Å². The van der Waals surface area contributed by atoms with Gasteiger partial charge in [-0.1, -0.05) is 6.07 Å². The molecule has 0 unspecified atom stereocenters. The number of fused-ring (bicyclic) bond motifs is 1. The normalized spacial score (nSPS) is 11.2. The molecule has 0 spiro atoms. The minimum Gasteiger partial charge on any atom is -0.266 e. The summed E-state index contributed by atoms with van der Waals surface area (Å²) in [5, 5.41) is 14.2. The first-order valence-corrected chi connectivity index (χ1v) is 6.90. The summed E-state index contributed by atoms with van der Waals surface area (Å²) < 4.78 is 34.0. The Bertz CT molecular complexity index is 1080. The summed E-state index contributed by atoms with van der Waals surface area (Å²) in [6.07, 6.45) is 0. The van der Waals surface area contributed by atoms with Crippen molar-refractivity contribution in [2.75, 3.05) is 0 Å². The first-order valence-electron chi connectivity index (χ1n) is 6.49. The van der Waals surface area contributed by atoms with Crippen LogP contribution in [0, 0.1) is 16.4 Å². The Morgan fingerprint density at radius 1 is 1.13 bits per heavy atom. The minimum absolute atomic E-state index is 0.0224. The molecule has 4 aromatic rings. The predicted octanol–water partition coefficient (Wildman–Crippen LogP) is 3.41. The average molecular weight is 331 g/mol. The first-order chi connectivity index (χ1) is 11.1. The third-order valence-electron chi connectivity index (χ3n) is 3.35. The molecule has 9 heteroatoms. The molecule has 0 saturated heterocycles. The van der Waals surface area contributed by atoms with E-state index in [1.54, 1.807) is 18.2 Å². The quantitative estimate of drug-likeness (QED) is 0.570. The molecule has 0 radical (unpaired) electrons. The second-order valence-corrected chi connectivity index (χ2v) is 5.11. The van der Waals surface area contributed by atoms with Gasteiger partial charge in [-0.3, -0.25) is 9.67 Å². The van der Waals surface area contributed by atoms with Crippen LogP contribution in [0.4, 0.5) is 8.78 Å². The van der Waals surface area contributed by atoms with E-state index < -0.39 is 11.6 Å². The largest absolute Gasteiger partial charge is 0.266 e. The fourth-order valence-corrected chi connectivity index (χ4v) is 2.57. The molecule has 23 heavy (non-hydrogen) atoms. The molecule has 2 heterocycles. The maximum absolute atomic E-state index is 14.1. The molecule has 0 atom stereocenters. The summed E-state index contributed by atoms with van der Waals surface area (Å²) in [6, 6.07) is 8.26. The SMILES string of the molecule is Fc1ccc(F)c(-c2n[nH]c(=S)n2-c2cccc3nonc23)c1. The molecule has 0 aliphatic heterocycles. The van der Waals surface area contributed by atoms with Gasteiger partial charge in [0.05, 0.1) is 11.3 Å². The zero-order valence-electron chi connectivity index (χ0n) is 11.3. The van der Waals surface area contributed by atoms with Crippen molar-refractivity contribution in [1.29, 1.82) is 0 Å². The summed E-state index contributed by atoms with van der Waals surface area (Å²) >= 11 is 5.22. The molecule has 6 nitrogen and oxygen atoms in total. The highest BCUT2D eigenvalue weighted by Crippen LogP contribution is 2.27. The zero-order valence-corrected chi connectivity index (χ0v) is 12.1. The standard InChI is InChI=1S/C14H7F2N5OS/c15-7-4-5-9(16)8(6-7)13-17-18-14(23)21(13)11-3-1-2-10-12(11)20-22-19-10/h1-6H,(H,18,23). The van der Waals surface area contributed by atoms with Gasteiger partial charge in [-0.15, -0.1) is 0 Å². The van der Waals surface area contributed by atoms with Gasteiger partial charge in [0.15, 0.2) is 16.1 Å². The monoisotopic (exact) mass is 331 g/mol. The molecule has 114 valence electrons. The molecule has 2 aromatic heterocycles. The second kappa shape index (κ2) is 5.06. The molecule has 0 aliphatic rings. The molecular formula is C14H7F2N5OS. The van der Waals surface area contributed by atoms with Gasteiger partial charge in [0.2, 0.25) is 0 Å². The van der Waals surface area contributed by atoms with Gasteiger partial charge in [0.25, 0.3) is 0 Å². The number of aromatic nitrogens is 5. The van der Waals surface area contributed by atoms with E-state index in [9.17, 15) is 8.78 Å². The number of hydrogen-bond acceptors (Lipinski definition) is 5. The van der Waals surface area contributed by atoms with Crippen LogP contribution in [0.5, 0.6) is 0 Å². The summed E-state index contributed by atoms with van der Waals surface area (Å²) in [5.41, 5.74) is 1.42. The fraction of sp³-hybridized carbons (Fsp3) is 0. The Morgan fingerprint density at radius 2 is 2.00 bits per heavy atom. The van der Waals surface area contributed by atoms with Gasteiger partial charge in [-0.2, -0.15) is 5.10 Å². The Morgan fingerprint density at radius 3 is 2.87 bits per heavy atom. The lowest BCUT2D eigenvalue weighted by Gasteiger charge is -2.07. The van der Waals surface area contributed by atoms with Gasteiger partial charge in [0, 0.05) is 0 Å². The van der Waals surface area contributed by atoms with Crippen LogP contribution < -0.4 is 0 Å². The fourth-order valence-electron chi connectivity index (χ4n) is 2.34. The number of H-pyrrole nitrogens is 1. The van der Waals surface area contributed by atoms with Crippen LogP contribution in [0.25, 0.3) is 28.1 Å². The van der Waals surface area contributed by atoms with Crippen LogP contribution in [-0.4, -0.2) is 25.1 Å². The topological polar surface area (TPSA) is 72.5 Å². The van der Waals surface area contributed by atoms with Crippen molar-refractivity contribution in [3.63, 3.8) is 0 Å². The maximum Gasteiger partial charge on any atom is 0.200 e. The van der Waals surface area contributed by atoms with Crippen LogP contribution in [0.3, 0.4) is 0 Å². The van der Waals surface area contributed by atoms with E-state index in [4.69, 9.17) is 16.8 Å². The lowest BCUT2D eigenvalue weighted by Crippen LogP contribution is -2.00. The summed E-state index contributed by atoms with van der Waals surface area (Å²) in [7, 11) is 0. The van der Waals surface area contributed by atoms with Crippen LogP contribution in [0.1, 0.15) is 0 Å². The van der Waals surface area contributed by atoms with Gasteiger partial charge in [0.1, 0.15) is 17.2 Å². The van der Waals surface area contributed by atoms with Crippen molar-refractivity contribution in [2.45, 2.75) is 0 Å². The molecule has 0 fully saturated rings. The number of aromatic amines is 1. The Kier molecular flexibility index (Phi) is 3.01. The number of halogens is 2. The van der Waals surface area contributed by atoms with Crippen LogP contribution in [0.15, 0.2) is 41.0 Å². The number of rotatable bonds is 2. The van der Waals surface area contributed by atoms with Crippen molar-refractivity contribution in [1.82, 2.24) is 25.1 Å². The van der Waals surface area contributed by atoms with Crippen molar-refractivity contribution < 1.29 is 13.4 Å². The number of benzene rings is 2. The maximum atomic E-state index is 14.1. The molecule has 2 aromatic carbocycles. The summed E-state index contributed by atoms with van der Waals surface area (Å²) in [6.45, 7) is 0. The zero-order chi connectivity index (χ0) is 16.0. The molecule has 0 bridgehead atoms. The van der Waals surface area contributed by atoms with Gasteiger partial charge < -0.3 is 0 Å². The molecule has 0 saturated carbocycles. The second-order valence-electron chi connectivity index (χ2n) is 4.72. The Labute approximate surface area is 132 Å². The number of nitrogens with zero attached hydrogens (tertiary/aromatic N) is 4. The smallest absolute Gasteiger partial charge is 0.200 e. The van der Waals surface area contributed by atoms with E-state index in [2.05, 4.69) is 20.5 Å². The highest BCUT2D eigenvalue weighted by molar-refractivity contribution is 7.71. The lowest BCUT2D eigenvalue weighted by molar-refractivity contribution is 0.315. The Balaban J connectivity index is 2.05. The van der Waals surface area contributed by atoms with Gasteiger partial charge in [-0.05, 0) is 52.9 Å². The van der Waals surface area contributed by atoms with Crippen molar-refractivity contribution in [3.8, 4) is 17.1 Å². The lowest BCUT2D eigenvalue weighted by atomic mass is 10.2. The number of nitrogens with one attached hydrogen (secondary N) is 1. The first kappa shape index (κ1) is 13.7. The third-order valence-corrected chi connectivity index (χ3v) is 3.62. The molecule has 1 N–H and O–H groups in total. The van der Waals surface area contributed by atoms with Gasteiger partial charge >= 0.3 is 0 Å². The van der Waals surface area contributed by atoms with Crippen molar-refractivity contribution in [2.24, 2.45) is 0 Å². The van der Waals surface area contributed by atoms with Gasteiger partial charge in [-0.25, -0.2) is 13.4 Å². The Hall–Kier alpha value is -2.94. The third kappa shape index (κ3) is 2.13. The van der Waals surface area contributed by atoms with Crippen molar-refractivity contribution >= 4 is 23.3 Å². The van der Waals surface area contributed by atoms with E-state index in [0.717, 1.165) is 18.2 Å². The van der Waals surface area contributed by atoms with E-state index in [1.807, 2.05) is 0 Å². The van der Waals surface area contributed by atoms with E-state index in [0.29, 0.717) is 16.7 Å². The molecular weight excluding hydrogens is 324 g/mol. The number of hydrogen-bond donors (Lipinski definition) is 1. The molecule has 0 aliphatic carbocycles. The van der Waals surface area contributed by atoms with Crippen LogP contribution in [0.2, 0.25) is 0 Å². The van der Waals surface area contributed by atoms with Crippen LogP contribution >= 0.6 is 12.2 Å². The highest BCUT2D eigenvalue weighted by Gasteiger charge is 2.18. The van der Waals surface area contributed by atoms with Crippen LogP contribution in [-0.2, 0) is 0 Å².